The molecule has 0 spiro atoms. The van der Waals surface area contributed by atoms with Crippen LogP contribution in [0.3, 0.4) is 0 Å². The Morgan fingerprint density at radius 2 is 1.94 bits per heavy atom. The zero-order chi connectivity index (χ0) is 13.3. The van der Waals surface area contributed by atoms with Gasteiger partial charge in [-0.05, 0) is 53.0 Å². The summed E-state index contributed by atoms with van der Waals surface area (Å²) in [5.41, 5.74) is 2.37. The standard InChI is InChI=1S/C14H14Br2OS/c1-8-4-5-10(6-12(8)17-3)14(16)13-7-11(15)9(2)18-13/h4-7,14H,1-3H3. The number of hydrogen-bond acceptors (Lipinski definition) is 2. The summed E-state index contributed by atoms with van der Waals surface area (Å²) in [5, 5.41) is 0. The molecule has 0 radical (unpaired) electrons. The van der Waals surface area contributed by atoms with Gasteiger partial charge < -0.3 is 4.74 Å². The van der Waals surface area contributed by atoms with E-state index in [1.54, 1.807) is 18.4 Å². The highest BCUT2D eigenvalue weighted by molar-refractivity contribution is 9.10. The summed E-state index contributed by atoms with van der Waals surface area (Å²) in [5.74, 6) is 0.935. The van der Waals surface area contributed by atoms with Gasteiger partial charge in [0, 0.05) is 14.2 Å². The number of thiophene rings is 1. The van der Waals surface area contributed by atoms with Gasteiger partial charge in [-0.2, -0.15) is 0 Å². The Morgan fingerprint density at radius 1 is 1.22 bits per heavy atom. The minimum atomic E-state index is 0.210. The van der Waals surface area contributed by atoms with Crippen molar-refractivity contribution >= 4 is 43.2 Å². The summed E-state index contributed by atoms with van der Waals surface area (Å²) < 4.78 is 6.55. The van der Waals surface area contributed by atoms with Gasteiger partial charge in [-0.15, -0.1) is 11.3 Å². The van der Waals surface area contributed by atoms with Gasteiger partial charge in [0.25, 0.3) is 0 Å². The predicted molar refractivity (Wildman–Crippen MR) is 85.3 cm³/mol. The monoisotopic (exact) mass is 388 g/mol. The summed E-state index contributed by atoms with van der Waals surface area (Å²) >= 11 is 9.13. The fraction of sp³-hybridized carbons (Fsp3) is 0.286. The lowest BCUT2D eigenvalue weighted by atomic mass is 10.1. The molecule has 0 aliphatic rings. The maximum atomic E-state index is 5.37. The first kappa shape index (κ1) is 14.1. The second kappa shape index (κ2) is 5.76. The maximum absolute atomic E-state index is 5.37. The van der Waals surface area contributed by atoms with Crippen molar-refractivity contribution in [1.82, 2.24) is 0 Å². The van der Waals surface area contributed by atoms with Gasteiger partial charge in [0.05, 0.1) is 11.9 Å². The Labute approximate surface area is 128 Å². The first-order chi connectivity index (χ1) is 8.52. The third kappa shape index (κ3) is 2.81. The Kier molecular flexibility index (Phi) is 4.51. The van der Waals surface area contributed by atoms with Gasteiger partial charge in [-0.1, -0.05) is 28.1 Å². The van der Waals surface area contributed by atoms with Crippen LogP contribution in [-0.4, -0.2) is 7.11 Å². The zero-order valence-corrected chi connectivity index (χ0v) is 14.4. The van der Waals surface area contributed by atoms with E-state index in [-0.39, 0.29) is 4.83 Å². The van der Waals surface area contributed by atoms with Crippen molar-refractivity contribution in [3.63, 3.8) is 0 Å². The molecule has 2 aromatic rings. The fourth-order valence-electron chi connectivity index (χ4n) is 1.76. The minimum absolute atomic E-state index is 0.210. The number of methoxy groups -OCH3 is 1. The Hall–Kier alpha value is -0.320. The van der Waals surface area contributed by atoms with Gasteiger partial charge in [0.1, 0.15) is 5.75 Å². The van der Waals surface area contributed by atoms with Crippen LogP contribution in [0.25, 0.3) is 0 Å². The van der Waals surface area contributed by atoms with E-state index in [0.29, 0.717) is 0 Å². The first-order valence-corrected chi connectivity index (χ1v) is 8.10. The summed E-state index contributed by atoms with van der Waals surface area (Å²) in [6.07, 6.45) is 0. The van der Waals surface area contributed by atoms with Crippen molar-refractivity contribution in [3.05, 3.63) is 49.6 Å². The van der Waals surface area contributed by atoms with Crippen molar-refractivity contribution in [1.29, 1.82) is 0 Å². The molecule has 1 aromatic heterocycles. The first-order valence-electron chi connectivity index (χ1n) is 5.57. The third-order valence-corrected chi connectivity index (χ3v) is 6.38. The molecule has 96 valence electrons. The van der Waals surface area contributed by atoms with E-state index in [9.17, 15) is 0 Å². The van der Waals surface area contributed by atoms with Crippen LogP contribution < -0.4 is 4.74 Å². The van der Waals surface area contributed by atoms with Gasteiger partial charge in [0.2, 0.25) is 0 Å². The average Bonchev–Trinajstić information content (AvgIpc) is 2.69. The lowest BCUT2D eigenvalue weighted by molar-refractivity contribution is 0.411. The van der Waals surface area contributed by atoms with Gasteiger partial charge in [-0.3, -0.25) is 0 Å². The maximum Gasteiger partial charge on any atom is 0.122 e. The quantitative estimate of drug-likeness (QED) is 0.619. The van der Waals surface area contributed by atoms with Crippen molar-refractivity contribution in [2.24, 2.45) is 0 Å². The van der Waals surface area contributed by atoms with Crippen molar-refractivity contribution in [2.45, 2.75) is 18.7 Å². The van der Waals surface area contributed by atoms with Crippen LogP contribution in [0.5, 0.6) is 5.75 Å². The highest BCUT2D eigenvalue weighted by Gasteiger charge is 2.15. The number of alkyl halides is 1. The van der Waals surface area contributed by atoms with E-state index in [0.717, 1.165) is 11.3 Å². The molecular weight excluding hydrogens is 376 g/mol. The van der Waals surface area contributed by atoms with E-state index < -0.39 is 0 Å². The van der Waals surface area contributed by atoms with Gasteiger partial charge in [-0.25, -0.2) is 0 Å². The van der Waals surface area contributed by atoms with Gasteiger partial charge in [0.15, 0.2) is 0 Å². The lowest BCUT2D eigenvalue weighted by Crippen LogP contribution is -1.93. The molecule has 18 heavy (non-hydrogen) atoms. The average molecular weight is 390 g/mol. The Balaban J connectivity index is 2.36. The molecule has 1 aromatic carbocycles. The highest BCUT2D eigenvalue weighted by Crippen LogP contribution is 2.39. The molecule has 0 aliphatic carbocycles. The normalized spacial score (nSPS) is 12.5. The van der Waals surface area contributed by atoms with Crippen LogP contribution in [0.4, 0.5) is 0 Å². The van der Waals surface area contributed by atoms with E-state index >= 15 is 0 Å². The minimum Gasteiger partial charge on any atom is -0.496 e. The molecule has 0 N–H and O–H groups in total. The molecule has 0 saturated heterocycles. The third-order valence-electron chi connectivity index (χ3n) is 2.85. The summed E-state index contributed by atoms with van der Waals surface area (Å²) in [7, 11) is 1.71. The smallest absolute Gasteiger partial charge is 0.122 e. The summed E-state index contributed by atoms with van der Waals surface area (Å²) in [4.78, 5) is 2.81. The van der Waals surface area contributed by atoms with Crippen molar-refractivity contribution in [3.8, 4) is 5.75 Å². The van der Waals surface area contributed by atoms with Crippen LogP contribution in [0, 0.1) is 13.8 Å². The second-order valence-corrected chi connectivity index (χ2v) is 7.20. The van der Waals surface area contributed by atoms with Crippen LogP contribution >= 0.6 is 43.2 Å². The van der Waals surface area contributed by atoms with Crippen molar-refractivity contribution in [2.75, 3.05) is 7.11 Å². The number of aryl methyl sites for hydroxylation is 2. The molecule has 0 bridgehead atoms. The van der Waals surface area contributed by atoms with E-state index in [1.807, 2.05) is 0 Å². The van der Waals surface area contributed by atoms with Gasteiger partial charge >= 0.3 is 0 Å². The molecule has 4 heteroatoms. The molecule has 1 unspecified atom stereocenters. The molecule has 0 fully saturated rings. The fourth-order valence-corrected chi connectivity index (χ4v) is 4.03. The molecule has 0 saturated carbocycles. The second-order valence-electron chi connectivity index (χ2n) is 4.14. The summed E-state index contributed by atoms with van der Waals surface area (Å²) in [6.45, 7) is 4.17. The number of ether oxygens (including phenoxy) is 1. The Morgan fingerprint density at radius 3 is 2.50 bits per heavy atom. The molecule has 1 heterocycles. The van der Waals surface area contributed by atoms with Crippen LogP contribution in [0.1, 0.15) is 25.7 Å². The molecule has 2 rings (SSSR count). The number of halogens is 2. The van der Waals surface area contributed by atoms with E-state index in [4.69, 9.17) is 4.74 Å². The highest BCUT2D eigenvalue weighted by atomic mass is 79.9. The number of hydrogen-bond donors (Lipinski definition) is 0. The molecular formula is C14H14Br2OS. The molecule has 1 atom stereocenters. The van der Waals surface area contributed by atoms with Crippen LogP contribution in [0.2, 0.25) is 0 Å². The Bertz CT molecular complexity index is 543. The topological polar surface area (TPSA) is 9.23 Å². The SMILES string of the molecule is COc1cc(C(Br)c2cc(Br)c(C)s2)ccc1C. The van der Waals surface area contributed by atoms with Crippen LogP contribution in [0.15, 0.2) is 28.7 Å². The molecule has 0 amide bonds. The van der Waals surface area contributed by atoms with Crippen molar-refractivity contribution < 1.29 is 4.74 Å². The molecule has 1 nitrogen and oxygen atoms in total. The van der Waals surface area contributed by atoms with E-state index in [1.165, 1.54) is 19.8 Å². The lowest BCUT2D eigenvalue weighted by Gasteiger charge is -2.11. The molecule has 0 aliphatic heterocycles. The predicted octanol–water partition coefficient (Wildman–Crippen LogP) is 5.62. The summed E-state index contributed by atoms with van der Waals surface area (Å²) in [6, 6.07) is 8.50. The number of benzene rings is 1. The largest absolute Gasteiger partial charge is 0.496 e. The van der Waals surface area contributed by atoms with E-state index in [2.05, 4.69) is 70.0 Å². The van der Waals surface area contributed by atoms with Crippen LogP contribution in [-0.2, 0) is 0 Å². The number of rotatable bonds is 3. The zero-order valence-electron chi connectivity index (χ0n) is 10.5.